The molecule has 3 aliphatic heterocycles. The zero-order valence-corrected chi connectivity index (χ0v) is 17.9. The Hall–Kier alpha value is -2.12. The summed E-state index contributed by atoms with van der Waals surface area (Å²) in [4.78, 5) is 27.1. The molecule has 0 aromatic heterocycles. The molecule has 31 heavy (non-hydrogen) atoms. The zero-order chi connectivity index (χ0) is 21.4. The standard InChI is InChI=1S/C24H32N2O5/c27-14-21-23-19(12-17(30-21)13-22(28)26-9-2-1-3-10-26)18-11-16(7-8-20(18)31-23)25-24(29)15-5-4-6-15/h7-8,11,15,17,19,21,23,27H,1-6,9-10,12-14H2,(H,25,29)/t17-,19+,21-,23-/m0/s1. The van der Waals surface area contributed by atoms with Crippen LogP contribution in [0.15, 0.2) is 18.2 Å². The van der Waals surface area contributed by atoms with Crippen molar-refractivity contribution >= 4 is 17.5 Å². The molecule has 5 rings (SSSR count). The molecular weight excluding hydrogens is 396 g/mol. The molecule has 0 bridgehead atoms. The molecule has 2 N–H and O–H groups in total. The Morgan fingerprint density at radius 3 is 2.65 bits per heavy atom. The Morgan fingerprint density at radius 2 is 1.94 bits per heavy atom. The van der Waals surface area contributed by atoms with Gasteiger partial charge in [-0.15, -0.1) is 0 Å². The van der Waals surface area contributed by atoms with Gasteiger partial charge in [0.25, 0.3) is 0 Å². The van der Waals surface area contributed by atoms with E-state index in [9.17, 15) is 14.7 Å². The number of amides is 2. The summed E-state index contributed by atoms with van der Waals surface area (Å²) in [6, 6.07) is 5.77. The number of carbonyl (C=O) groups excluding carboxylic acids is 2. The minimum absolute atomic E-state index is 0.0422. The van der Waals surface area contributed by atoms with Gasteiger partial charge >= 0.3 is 0 Å². The van der Waals surface area contributed by atoms with Crippen molar-refractivity contribution in [2.24, 2.45) is 5.92 Å². The van der Waals surface area contributed by atoms with E-state index in [4.69, 9.17) is 9.47 Å². The molecule has 7 nitrogen and oxygen atoms in total. The summed E-state index contributed by atoms with van der Waals surface area (Å²) in [5.74, 6) is 1.18. The Kier molecular flexibility index (Phi) is 5.89. The third-order valence-corrected chi connectivity index (χ3v) is 7.35. The maximum Gasteiger partial charge on any atom is 0.227 e. The molecule has 0 radical (unpaired) electrons. The summed E-state index contributed by atoms with van der Waals surface area (Å²) in [6.07, 6.45) is 6.43. The highest BCUT2D eigenvalue weighted by Crippen LogP contribution is 2.47. The Bertz CT molecular complexity index is 833. The Labute approximate surface area is 183 Å². The number of fused-ring (bicyclic) bond motifs is 3. The fourth-order valence-corrected chi connectivity index (χ4v) is 5.35. The number of carbonyl (C=O) groups is 2. The Balaban J connectivity index is 1.29. The molecule has 3 fully saturated rings. The molecule has 3 heterocycles. The van der Waals surface area contributed by atoms with E-state index in [1.54, 1.807) is 0 Å². The lowest BCUT2D eigenvalue weighted by Crippen LogP contribution is -2.48. The number of piperidine rings is 1. The number of anilines is 1. The van der Waals surface area contributed by atoms with Crippen LogP contribution in [-0.2, 0) is 14.3 Å². The van der Waals surface area contributed by atoms with Gasteiger partial charge in [-0.3, -0.25) is 9.59 Å². The van der Waals surface area contributed by atoms with Gasteiger partial charge in [0.1, 0.15) is 18.0 Å². The third-order valence-electron chi connectivity index (χ3n) is 7.35. The fraction of sp³-hybridized carbons (Fsp3) is 0.667. The molecule has 2 saturated heterocycles. The monoisotopic (exact) mass is 428 g/mol. The number of rotatable bonds is 5. The lowest BCUT2D eigenvalue weighted by Gasteiger charge is -2.38. The number of aliphatic hydroxyl groups excluding tert-OH is 1. The van der Waals surface area contributed by atoms with Crippen molar-refractivity contribution in [1.29, 1.82) is 0 Å². The maximum atomic E-state index is 12.8. The van der Waals surface area contributed by atoms with Gasteiger partial charge < -0.3 is 24.8 Å². The van der Waals surface area contributed by atoms with Crippen LogP contribution in [0.3, 0.4) is 0 Å². The highest BCUT2D eigenvalue weighted by atomic mass is 16.6. The zero-order valence-electron chi connectivity index (χ0n) is 17.9. The Morgan fingerprint density at radius 1 is 1.13 bits per heavy atom. The van der Waals surface area contributed by atoms with Crippen LogP contribution in [0.1, 0.15) is 62.8 Å². The third kappa shape index (κ3) is 4.17. The first-order chi connectivity index (χ1) is 15.1. The van der Waals surface area contributed by atoms with Gasteiger partial charge in [0.05, 0.1) is 19.1 Å². The molecule has 1 aliphatic carbocycles. The lowest BCUT2D eigenvalue weighted by molar-refractivity contribution is -0.149. The summed E-state index contributed by atoms with van der Waals surface area (Å²) in [5, 5.41) is 13.0. The normalized spacial score (nSPS) is 30.0. The number of hydrogen-bond donors (Lipinski definition) is 2. The molecular formula is C24H32N2O5. The van der Waals surface area contributed by atoms with Crippen molar-refractivity contribution in [3.8, 4) is 5.75 Å². The molecule has 168 valence electrons. The van der Waals surface area contributed by atoms with Crippen molar-refractivity contribution in [2.45, 2.75) is 75.6 Å². The second kappa shape index (κ2) is 8.79. The van der Waals surface area contributed by atoms with E-state index in [-0.39, 0.29) is 42.5 Å². The number of benzene rings is 1. The van der Waals surface area contributed by atoms with Gasteiger partial charge in [0.2, 0.25) is 11.8 Å². The van der Waals surface area contributed by atoms with Gasteiger partial charge in [-0.25, -0.2) is 0 Å². The van der Waals surface area contributed by atoms with E-state index in [0.717, 1.165) is 62.2 Å². The van der Waals surface area contributed by atoms with Crippen molar-refractivity contribution in [2.75, 3.05) is 25.0 Å². The van der Waals surface area contributed by atoms with Gasteiger partial charge in [-0.2, -0.15) is 0 Å². The number of ether oxygens (including phenoxy) is 2. The summed E-state index contributed by atoms with van der Waals surface area (Å²) < 4.78 is 12.2. The molecule has 1 saturated carbocycles. The van der Waals surface area contributed by atoms with Crippen LogP contribution >= 0.6 is 0 Å². The maximum absolute atomic E-state index is 12.8. The molecule has 4 atom stereocenters. The summed E-state index contributed by atoms with van der Waals surface area (Å²) in [5.41, 5.74) is 1.82. The number of likely N-dealkylation sites (tertiary alicyclic amines) is 1. The quantitative estimate of drug-likeness (QED) is 0.753. The fourth-order valence-electron chi connectivity index (χ4n) is 5.35. The minimum atomic E-state index is -0.460. The molecule has 0 spiro atoms. The lowest BCUT2D eigenvalue weighted by atomic mass is 9.83. The van der Waals surface area contributed by atoms with Crippen LogP contribution in [0.5, 0.6) is 5.75 Å². The predicted octanol–water partition coefficient (Wildman–Crippen LogP) is 2.82. The van der Waals surface area contributed by atoms with Crippen LogP contribution in [0.2, 0.25) is 0 Å². The van der Waals surface area contributed by atoms with E-state index in [1.807, 2.05) is 23.1 Å². The number of hydrogen-bond acceptors (Lipinski definition) is 5. The van der Waals surface area contributed by atoms with Crippen molar-refractivity contribution in [3.63, 3.8) is 0 Å². The van der Waals surface area contributed by atoms with Gasteiger partial charge in [0, 0.05) is 36.2 Å². The predicted molar refractivity (Wildman–Crippen MR) is 115 cm³/mol. The van der Waals surface area contributed by atoms with Crippen LogP contribution < -0.4 is 10.1 Å². The van der Waals surface area contributed by atoms with Crippen LogP contribution in [0.25, 0.3) is 0 Å². The second-order valence-electron chi connectivity index (χ2n) is 9.42. The van der Waals surface area contributed by atoms with Gasteiger partial charge in [-0.05, 0) is 56.7 Å². The first-order valence-electron chi connectivity index (χ1n) is 11.8. The molecule has 1 aromatic carbocycles. The first kappa shape index (κ1) is 20.8. The number of aliphatic hydroxyl groups is 1. The second-order valence-corrected chi connectivity index (χ2v) is 9.42. The number of nitrogens with zero attached hydrogens (tertiary/aromatic N) is 1. The van der Waals surface area contributed by atoms with E-state index in [1.165, 1.54) is 6.42 Å². The summed E-state index contributed by atoms with van der Waals surface area (Å²) in [6.45, 7) is 1.52. The average molecular weight is 429 g/mol. The van der Waals surface area contributed by atoms with E-state index in [0.29, 0.717) is 12.8 Å². The van der Waals surface area contributed by atoms with E-state index < -0.39 is 6.10 Å². The molecule has 7 heteroatoms. The van der Waals surface area contributed by atoms with Crippen LogP contribution in [-0.4, -0.2) is 59.8 Å². The molecule has 2 amide bonds. The van der Waals surface area contributed by atoms with E-state index >= 15 is 0 Å². The largest absolute Gasteiger partial charge is 0.487 e. The summed E-state index contributed by atoms with van der Waals surface area (Å²) in [7, 11) is 0. The van der Waals surface area contributed by atoms with Crippen molar-refractivity contribution in [1.82, 2.24) is 4.90 Å². The smallest absolute Gasteiger partial charge is 0.227 e. The minimum Gasteiger partial charge on any atom is -0.487 e. The van der Waals surface area contributed by atoms with E-state index in [2.05, 4.69) is 5.32 Å². The SMILES string of the molecule is O=C(Nc1ccc2c(c1)[C@H]1C[C@@H](CC(=O)N3CCCCC3)O[C@@H](CO)[C@H]1O2)C1CCC1. The van der Waals surface area contributed by atoms with Crippen LogP contribution in [0.4, 0.5) is 5.69 Å². The van der Waals surface area contributed by atoms with Gasteiger partial charge in [-0.1, -0.05) is 6.42 Å². The van der Waals surface area contributed by atoms with Crippen molar-refractivity contribution < 1.29 is 24.2 Å². The highest BCUT2D eigenvalue weighted by molar-refractivity contribution is 5.93. The highest BCUT2D eigenvalue weighted by Gasteiger charge is 2.46. The molecule has 4 aliphatic rings. The molecule has 0 unspecified atom stereocenters. The summed E-state index contributed by atoms with van der Waals surface area (Å²) >= 11 is 0. The van der Waals surface area contributed by atoms with Crippen molar-refractivity contribution in [3.05, 3.63) is 23.8 Å². The van der Waals surface area contributed by atoms with Crippen LogP contribution in [0, 0.1) is 5.92 Å². The van der Waals surface area contributed by atoms with Gasteiger partial charge in [0.15, 0.2) is 0 Å². The molecule has 1 aromatic rings. The first-order valence-corrected chi connectivity index (χ1v) is 11.8. The number of nitrogens with one attached hydrogen (secondary N) is 1. The average Bonchev–Trinajstić information content (AvgIpc) is 3.10. The topological polar surface area (TPSA) is 88.1 Å².